The predicted octanol–water partition coefficient (Wildman–Crippen LogP) is 0.777. The van der Waals surface area contributed by atoms with Gasteiger partial charge in [-0.1, -0.05) is 6.07 Å². The third-order valence-corrected chi connectivity index (χ3v) is 2.70. The molecule has 6 nitrogen and oxygen atoms in total. The van der Waals surface area contributed by atoms with Crippen molar-refractivity contribution < 1.29 is 19.4 Å². The fraction of sp³-hybridized carbons (Fsp3) is 0.462. The van der Waals surface area contributed by atoms with Crippen molar-refractivity contribution in [2.45, 2.75) is 13.5 Å². The lowest BCUT2D eigenvalue weighted by atomic mass is 10.1. The summed E-state index contributed by atoms with van der Waals surface area (Å²) in [5.41, 5.74) is 0.713. The Hall–Kier alpha value is -1.95. The molecule has 0 fully saturated rings. The van der Waals surface area contributed by atoms with Gasteiger partial charge in [-0.2, -0.15) is 0 Å². The average molecular weight is 266 g/mol. The number of carbonyl (C=O) groups is 2. The number of rotatable bonds is 7. The van der Waals surface area contributed by atoms with E-state index >= 15 is 0 Å². The van der Waals surface area contributed by atoms with Crippen LogP contribution in [0.3, 0.4) is 0 Å². The maximum atomic E-state index is 12.1. The van der Waals surface area contributed by atoms with Gasteiger partial charge in [-0.3, -0.25) is 14.6 Å². The summed E-state index contributed by atoms with van der Waals surface area (Å²) in [5, 5.41) is 8.90. The summed E-state index contributed by atoms with van der Waals surface area (Å²) < 4.78 is 4.94. The highest BCUT2D eigenvalue weighted by Crippen LogP contribution is 2.07. The zero-order valence-electron chi connectivity index (χ0n) is 11.1. The molecule has 1 rings (SSSR count). The van der Waals surface area contributed by atoms with Gasteiger partial charge in [0.05, 0.1) is 18.8 Å². The van der Waals surface area contributed by atoms with Gasteiger partial charge in [0.25, 0.3) is 0 Å². The fourth-order valence-corrected chi connectivity index (χ4v) is 1.54. The molecule has 0 saturated carbocycles. The van der Waals surface area contributed by atoms with Crippen LogP contribution in [-0.4, -0.2) is 47.1 Å². The maximum Gasteiger partial charge on any atom is 0.315 e. The minimum Gasteiger partial charge on any atom is -0.481 e. The lowest BCUT2D eigenvalue weighted by Crippen LogP contribution is -2.39. The summed E-state index contributed by atoms with van der Waals surface area (Å²) >= 11 is 0. The van der Waals surface area contributed by atoms with E-state index in [4.69, 9.17) is 9.84 Å². The molecule has 1 N–H and O–H groups in total. The van der Waals surface area contributed by atoms with E-state index in [1.54, 1.807) is 18.3 Å². The first-order chi connectivity index (χ1) is 9.06. The number of nitrogens with zero attached hydrogens (tertiary/aromatic N) is 2. The van der Waals surface area contributed by atoms with Crippen molar-refractivity contribution in [3.8, 4) is 0 Å². The standard InChI is InChI=1S/C13H18N2O4/c1-10(13(17)18)12(16)15(7-8-19-2)9-11-5-3-4-6-14-11/h3-6,10H,7-9H2,1-2H3,(H,17,18). The van der Waals surface area contributed by atoms with Crippen LogP contribution in [0.15, 0.2) is 24.4 Å². The molecule has 0 spiro atoms. The Bertz CT molecular complexity index is 422. The molecule has 1 heterocycles. The highest BCUT2D eigenvalue weighted by Gasteiger charge is 2.26. The summed E-state index contributed by atoms with van der Waals surface area (Å²) in [6, 6.07) is 5.39. The number of aromatic nitrogens is 1. The third kappa shape index (κ3) is 4.67. The van der Waals surface area contributed by atoms with Gasteiger partial charge < -0.3 is 14.7 Å². The van der Waals surface area contributed by atoms with Gasteiger partial charge in [-0.25, -0.2) is 0 Å². The van der Waals surface area contributed by atoms with Gasteiger partial charge in [0.15, 0.2) is 0 Å². The maximum absolute atomic E-state index is 12.1. The summed E-state index contributed by atoms with van der Waals surface area (Å²) in [7, 11) is 1.53. The van der Waals surface area contributed by atoms with Gasteiger partial charge in [0.2, 0.25) is 5.91 Å². The van der Waals surface area contributed by atoms with Gasteiger partial charge in [0.1, 0.15) is 5.92 Å². The van der Waals surface area contributed by atoms with Gasteiger partial charge in [-0.15, -0.1) is 0 Å². The van der Waals surface area contributed by atoms with Crippen molar-refractivity contribution in [1.29, 1.82) is 0 Å². The number of carboxylic acid groups (broad SMARTS) is 1. The molecular formula is C13H18N2O4. The van der Waals surface area contributed by atoms with Crippen LogP contribution in [0.5, 0.6) is 0 Å². The second kappa shape index (κ2) is 7.48. The van der Waals surface area contributed by atoms with Crippen LogP contribution in [0.25, 0.3) is 0 Å². The lowest BCUT2D eigenvalue weighted by molar-refractivity contribution is -0.150. The van der Waals surface area contributed by atoms with Gasteiger partial charge in [0, 0.05) is 19.9 Å². The predicted molar refractivity (Wildman–Crippen MR) is 68.3 cm³/mol. The van der Waals surface area contributed by atoms with Crippen molar-refractivity contribution in [3.05, 3.63) is 30.1 Å². The van der Waals surface area contributed by atoms with E-state index in [-0.39, 0.29) is 6.54 Å². The topological polar surface area (TPSA) is 79.7 Å². The Labute approximate surface area is 112 Å². The highest BCUT2D eigenvalue weighted by molar-refractivity contribution is 5.96. The van der Waals surface area contributed by atoms with E-state index in [2.05, 4.69) is 4.98 Å². The molecule has 0 aliphatic heterocycles. The van der Waals surface area contributed by atoms with Crippen molar-refractivity contribution in [2.75, 3.05) is 20.3 Å². The Morgan fingerprint density at radius 2 is 2.21 bits per heavy atom. The SMILES string of the molecule is COCCN(Cc1ccccn1)C(=O)C(C)C(=O)O. The first kappa shape index (κ1) is 15.1. The van der Waals surface area contributed by atoms with Crippen molar-refractivity contribution in [2.24, 2.45) is 5.92 Å². The first-order valence-electron chi connectivity index (χ1n) is 5.96. The van der Waals surface area contributed by atoms with Crippen molar-refractivity contribution >= 4 is 11.9 Å². The van der Waals surface area contributed by atoms with Crippen molar-refractivity contribution in [3.63, 3.8) is 0 Å². The van der Waals surface area contributed by atoms with Crippen molar-refractivity contribution in [1.82, 2.24) is 9.88 Å². The average Bonchev–Trinajstić information content (AvgIpc) is 2.42. The zero-order chi connectivity index (χ0) is 14.3. The quantitative estimate of drug-likeness (QED) is 0.738. The van der Waals surface area contributed by atoms with Gasteiger partial charge in [-0.05, 0) is 19.1 Å². The van der Waals surface area contributed by atoms with E-state index in [1.807, 2.05) is 6.07 Å². The Morgan fingerprint density at radius 1 is 1.47 bits per heavy atom. The number of ether oxygens (including phenoxy) is 1. The third-order valence-electron chi connectivity index (χ3n) is 2.70. The number of amides is 1. The van der Waals surface area contributed by atoms with Gasteiger partial charge >= 0.3 is 5.97 Å². The minimum absolute atomic E-state index is 0.278. The van der Waals surface area contributed by atoms with E-state index < -0.39 is 17.8 Å². The molecule has 0 radical (unpaired) electrons. The lowest BCUT2D eigenvalue weighted by Gasteiger charge is -2.23. The molecule has 1 aromatic rings. The summed E-state index contributed by atoms with van der Waals surface area (Å²) in [6.07, 6.45) is 1.63. The molecular weight excluding hydrogens is 248 g/mol. The van der Waals surface area contributed by atoms with Crippen LogP contribution in [0, 0.1) is 5.92 Å². The number of aliphatic carboxylic acids is 1. The zero-order valence-corrected chi connectivity index (χ0v) is 11.1. The first-order valence-corrected chi connectivity index (χ1v) is 5.96. The van der Waals surface area contributed by atoms with Crippen LogP contribution in [0.1, 0.15) is 12.6 Å². The van der Waals surface area contributed by atoms with E-state index in [1.165, 1.54) is 18.9 Å². The molecule has 19 heavy (non-hydrogen) atoms. The largest absolute Gasteiger partial charge is 0.481 e. The van der Waals surface area contributed by atoms with Crippen LogP contribution in [0.2, 0.25) is 0 Å². The molecule has 1 aromatic heterocycles. The summed E-state index contributed by atoms with van der Waals surface area (Å²) in [5.74, 6) is -2.63. The van der Waals surface area contributed by atoms with E-state index in [0.717, 1.165) is 0 Å². The Morgan fingerprint density at radius 3 is 2.74 bits per heavy atom. The summed E-state index contributed by atoms with van der Waals surface area (Å²) in [6.45, 7) is 2.35. The molecule has 0 aliphatic rings. The molecule has 6 heteroatoms. The highest BCUT2D eigenvalue weighted by atomic mass is 16.5. The number of carboxylic acids is 1. The number of hydrogen-bond donors (Lipinski definition) is 1. The number of hydrogen-bond acceptors (Lipinski definition) is 4. The second-order valence-electron chi connectivity index (χ2n) is 4.13. The fourth-order valence-electron chi connectivity index (χ4n) is 1.54. The smallest absolute Gasteiger partial charge is 0.315 e. The number of carbonyl (C=O) groups excluding carboxylic acids is 1. The number of pyridine rings is 1. The van der Waals surface area contributed by atoms with Crippen LogP contribution < -0.4 is 0 Å². The molecule has 0 aromatic carbocycles. The normalized spacial score (nSPS) is 11.9. The second-order valence-corrected chi connectivity index (χ2v) is 4.13. The van der Waals surface area contributed by atoms with Crippen LogP contribution >= 0.6 is 0 Å². The molecule has 1 amide bonds. The monoisotopic (exact) mass is 266 g/mol. The number of methoxy groups -OCH3 is 1. The molecule has 0 aliphatic carbocycles. The molecule has 0 bridgehead atoms. The molecule has 104 valence electrons. The molecule has 0 saturated heterocycles. The summed E-state index contributed by atoms with van der Waals surface area (Å²) in [4.78, 5) is 28.5. The minimum atomic E-state index is -1.13. The van der Waals surface area contributed by atoms with Crippen LogP contribution in [0.4, 0.5) is 0 Å². The molecule has 1 atom stereocenters. The Kier molecular flexibility index (Phi) is 5.95. The molecule has 1 unspecified atom stereocenters. The van der Waals surface area contributed by atoms with E-state index in [9.17, 15) is 9.59 Å². The Balaban J connectivity index is 2.76. The van der Waals surface area contributed by atoms with E-state index in [0.29, 0.717) is 18.8 Å². The van der Waals surface area contributed by atoms with Crippen LogP contribution in [-0.2, 0) is 20.9 Å².